The smallest absolute Gasteiger partial charge is 0.267 e. The predicted molar refractivity (Wildman–Crippen MR) is 94.2 cm³/mol. The second kappa shape index (κ2) is 5.75. The lowest BCUT2D eigenvalue weighted by Gasteiger charge is -2.24. The number of carbonyl (C=O) groups excluding carboxylic acids is 1. The van der Waals surface area contributed by atoms with E-state index in [1.54, 1.807) is 0 Å². The van der Waals surface area contributed by atoms with E-state index in [0.29, 0.717) is 5.92 Å². The summed E-state index contributed by atoms with van der Waals surface area (Å²) in [7, 11) is 0. The lowest BCUT2D eigenvalue weighted by Crippen LogP contribution is -2.16. The van der Waals surface area contributed by atoms with Crippen molar-refractivity contribution in [2.24, 2.45) is 11.8 Å². The fourth-order valence-corrected chi connectivity index (χ4v) is 5.30. The van der Waals surface area contributed by atoms with Gasteiger partial charge >= 0.3 is 0 Å². The van der Waals surface area contributed by atoms with Crippen LogP contribution in [-0.4, -0.2) is 10.9 Å². The molecule has 120 valence electrons. The molecule has 1 heterocycles. The van der Waals surface area contributed by atoms with Crippen LogP contribution in [-0.2, 0) is 0 Å². The summed E-state index contributed by atoms with van der Waals surface area (Å²) in [6.45, 7) is 3.85. The summed E-state index contributed by atoms with van der Waals surface area (Å²) < 4.78 is 0. The molecule has 4 rings (SSSR count). The molecule has 3 unspecified atom stereocenters. The van der Waals surface area contributed by atoms with Crippen LogP contribution in [0.1, 0.15) is 57.5 Å². The van der Waals surface area contributed by atoms with Gasteiger partial charge in [0.25, 0.3) is 5.91 Å². The van der Waals surface area contributed by atoms with Crippen LogP contribution in [0.25, 0.3) is 0 Å². The summed E-state index contributed by atoms with van der Waals surface area (Å²) in [5.41, 5.74) is 3.13. The number of hydrogen-bond acceptors (Lipinski definition) is 3. The van der Waals surface area contributed by atoms with Crippen molar-refractivity contribution in [2.45, 2.75) is 45.4 Å². The van der Waals surface area contributed by atoms with Crippen molar-refractivity contribution in [3.05, 3.63) is 45.4 Å². The molecule has 2 aliphatic rings. The van der Waals surface area contributed by atoms with Crippen LogP contribution in [0, 0.1) is 25.7 Å². The Labute approximate surface area is 141 Å². The molecule has 0 saturated heterocycles. The molecular formula is C19H22N2OS. The number of fused-ring (bicyclic) bond motifs is 2. The van der Waals surface area contributed by atoms with Gasteiger partial charge in [0, 0.05) is 5.69 Å². The van der Waals surface area contributed by atoms with Gasteiger partial charge in [0.05, 0.1) is 10.7 Å². The van der Waals surface area contributed by atoms with Crippen molar-refractivity contribution in [1.82, 2.24) is 4.98 Å². The first kappa shape index (κ1) is 14.9. The third-order valence-corrected chi connectivity index (χ3v) is 6.53. The van der Waals surface area contributed by atoms with Crippen LogP contribution in [0.15, 0.2) is 24.3 Å². The fourth-order valence-electron chi connectivity index (χ4n) is 4.48. The van der Waals surface area contributed by atoms with Gasteiger partial charge in [-0.25, -0.2) is 4.98 Å². The summed E-state index contributed by atoms with van der Waals surface area (Å²) in [4.78, 5) is 17.7. The molecule has 1 amide bonds. The molecule has 2 bridgehead atoms. The van der Waals surface area contributed by atoms with Gasteiger partial charge in [0.1, 0.15) is 4.88 Å². The van der Waals surface area contributed by atoms with E-state index >= 15 is 0 Å². The number of hydrogen-bond donors (Lipinski definition) is 1. The van der Waals surface area contributed by atoms with Gasteiger partial charge < -0.3 is 5.32 Å². The first-order valence-electron chi connectivity index (χ1n) is 8.46. The quantitative estimate of drug-likeness (QED) is 0.870. The maximum atomic E-state index is 12.6. The minimum absolute atomic E-state index is 0.0243. The topological polar surface area (TPSA) is 42.0 Å². The minimum Gasteiger partial charge on any atom is -0.321 e. The van der Waals surface area contributed by atoms with E-state index in [0.717, 1.165) is 33.1 Å². The monoisotopic (exact) mass is 326 g/mol. The summed E-state index contributed by atoms with van der Waals surface area (Å²) in [5, 5.41) is 4.09. The average molecular weight is 326 g/mol. The van der Waals surface area contributed by atoms with Gasteiger partial charge in [-0.3, -0.25) is 4.79 Å². The van der Waals surface area contributed by atoms with Gasteiger partial charge in [-0.2, -0.15) is 0 Å². The third kappa shape index (κ3) is 2.69. The molecule has 0 radical (unpaired) electrons. The molecule has 1 N–H and O–H groups in total. The van der Waals surface area contributed by atoms with Crippen molar-refractivity contribution in [3.8, 4) is 0 Å². The molecule has 3 atom stereocenters. The van der Waals surface area contributed by atoms with E-state index in [-0.39, 0.29) is 5.91 Å². The number of amides is 1. The SMILES string of the molecule is Cc1nc(C)c(C(=O)Nc2ccccc2C2CC3CCC2C3)s1. The maximum absolute atomic E-state index is 12.6. The van der Waals surface area contributed by atoms with E-state index in [1.165, 1.54) is 42.6 Å². The zero-order valence-corrected chi connectivity index (χ0v) is 14.5. The number of nitrogens with zero attached hydrogens (tertiary/aromatic N) is 1. The number of thiazole rings is 1. The highest BCUT2D eigenvalue weighted by atomic mass is 32.1. The minimum atomic E-state index is -0.0243. The summed E-state index contributed by atoms with van der Waals surface area (Å²) in [6, 6.07) is 8.35. The highest BCUT2D eigenvalue weighted by Gasteiger charge is 2.40. The van der Waals surface area contributed by atoms with Gasteiger partial charge in [-0.05, 0) is 62.5 Å². The lowest BCUT2D eigenvalue weighted by atomic mass is 9.83. The molecule has 3 nitrogen and oxygen atoms in total. The van der Waals surface area contributed by atoms with Crippen LogP contribution in [0.3, 0.4) is 0 Å². The fraction of sp³-hybridized carbons (Fsp3) is 0.474. The molecule has 4 heteroatoms. The Morgan fingerprint density at radius 2 is 2.04 bits per heavy atom. The highest BCUT2D eigenvalue weighted by Crippen LogP contribution is 2.54. The van der Waals surface area contributed by atoms with E-state index in [1.807, 2.05) is 26.0 Å². The Balaban J connectivity index is 1.60. The van der Waals surface area contributed by atoms with E-state index < -0.39 is 0 Å². The first-order valence-corrected chi connectivity index (χ1v) is 9.27. The van der Waals surface area contributed by atoms with Crippen molar-refractivity contribution in [1.29, 1.82) is 0 Å². The summed E-state index contributed by atoms with van der Waals surface area (Å²) >= 11 is 1.47. The standard InChI is InChI=1S/C19H22N2OS/c1-11-18(23-12(2)20-11)19(22)21-17-6-4-3-5-15(17)16-10-13-7-8-14(16)9-13/h3-6,13-14,16H,7-10H2,1-2H3,(H,21,22). The van der Waals surface area contributed by atoms with Crippen LogP contribution in [0.4, 0.5) is 5.69 Å². The molecule has 23 heavy (non-hydrogen) atoms. The molecule has 2 fully saturated rings. The molecule has 1 aromatic carbocycles. The second-order valence-electron chi connectivity index (χ2n) is 6.97. The summed E-state index contributed by atoms with van der Waals surface area (Å²) in [5.74, 6) is 2.31. The Morgan fingerprint density at radius 1 is 1.22 bits per heavy atom. The Bertz CT molecular complexity index is 752. The predicted octanol–water partition coefficient (Wildman–Crippen LogP) is 4.92. The number of para-hydroxylation sites is 1. The number of anilines is 1. The molecule has 0 aliphatic heterocycles. The molecule has 2 saturated carbocycles. The second-order valence-corrected chi connectivity index (χ2v) is 8.17. The number of carbonyl (C=O) groups is 1. The highest BCUT2D eigenvalue weighted by molar-refractivity contribution is 7.13. The van der Waals surface area contributed by atoms with E-state index in [2.05, 4.69) is 22.4 Å². The number of nitrogens with one attached hydrogen (secondary N) is 1. The van der Waals surface area contributed by atoms with E-state index in [9.17, 15) is 4.79 Å². The maximum Gasteiger partial charge on any atom is 0.267 e. The zero-order chi connectivity index (χ0) is 16.0. The molecule has 0 spiro atoms. The van der Waals surface area contributed by atoms with Gasteiger partial charge in [-0.15, -0.1) is 11.3 Å². The first-order chi connectivity index (χ1) is 11.1. The normalized spacial score (nSPS) is 25.7. The van der Waals surface area contributed by atoms with Gasteiger partial charge in [0.2, 0.25) is 0 Å². The molecule has 1 aromatic heterocycles. The summed E-state index contributed by atoms with van der Waals surface area (Å²) in [6.07, 6.45) is 5.41. The van der Waals surface area contributed by atoms with Gasteiger partial charge in [-0.1, -0.05) is 24.6 Å². The number of rotatable bonds is 3. The van der Waals surface area contributed by atoms with Gasteiger partial charge in [0.15, 0.2) is 0 Å². The number of benzene rings is 1. The Hall–Kier alpha value is -1.68. The zero-order valence-electron chi connectivity index (χ0n) is 13.6. The van der Waals surface area contributed by atoms with Crippen molar-refractivity contribution in [3.63, 3.8) is 0 Å². The van der Waals surface area contributed by atoms with Crippen molar-refractivity contribution >= 4 is 22.9 Å². The largest absolute Gasteiger partial charge is 0.321 e. The van der Waals surface area contributed by atoms with Crippen LogP contribution in [0.2, 0.25) is 0 Å². The number of aryl methyl sites for hydroxylation is 2. The lowest BCUT2D eigenvalue weighted by molar-refractivity contribution is 0.102. The Morgan fingerprint density at radius 3 is 2.70 bits per heavy atom. The van der Waals surface area contributed by atoms with Crippen LogP contribution >= 0.6 is 11.3 Å². The molecule has 2 aromatic rings. The van der Waals surface area contributed by atoms with Crippen molar-refractivity contribution < 1.29 is 4.79 Å². The Kier molecular flexibility index (Phi) is 3.72. The van der Waals surface area contributed by atoms with Crippen molar-refractivity contribution in [2.75, 3.05) is 5.32 Å². The molecular weight excluding hydrogens is 304 g/mol. The van der Waals surface area contributed by atoms with Crippen LogP contribution < -0.4 is 5.32 Å². The third-order valence-electron chi connectivity index (χ3n) is 5.46. The molecule has 2 aliphatic carbocycles. The van der Waals surface area contributed by atoms with Crippen LogP contribution in [0.5, 0.6) is 0 Å². The van der Waals surface area contributed by atoms with E-state index in [4.69, 9.17) is 0 Å². The average Bonchev–Trinajstić information content (AvgIpc) is 3.23. The number of aromatic nitrogens is 1.